The minimum absolute atomic E-state index is 0. The molecule has 2 heterocycles. The smallest absolute Gasteiger partial charge is 0.542 e. The first-order valence-electron chi connectivity index (χ1n) is 10.1. The zero-order valence-corrected chi connectivity index (χ0v) is 20.5. The molecule has 0 saturated heterocycles. The zero-order chi connectivity index (χ0) is 23.6. The van der Waals surface area contributed by atoms with E-state index in [9.17, 15) is 35.3 Å². The third-order valence-electron chi connectivity index (χ3n) is 5.44. The summed E-state index contributed by atoms with van der Waals surface area (Å²) < 4.78 is 6.88. The van der Waals surface area contributed by atoms with Gasteiger partial charge in [0, 0.05) is 22.9 Å². The number of nitriles is 1. The van der Waals surface area contributed by atoms with Gasteiger partial charge in [-0.05, 0) is 6.08 Å². The number of carbonyl (C=O) groups is 2. The van der Waals surface area contributed by atoms with Crippen LogP contribution in [0.5, 0.6) is 0 Å². The molecule has 1 aliphatic heterocycles. The van der Waals surface area contributed by atoms with Gasteiger partial charge in [-0.25, -0.2) is 0 Å². The number of aliphatic carboxylic acids is 1. The van der Waals surface area contributed by atoms with Gasteiger partial charge in [-0.15, -0.1) is 0 Å². The fourth-order valence-corrected chi connectivity index (χ4v) is 3.72. The van der Waals surface area contributed by atoms with Crippen molar-refractivity contribution in [2.75, 3.05) is 6.61 Å². The van der Waals surface area contributed by atoms with Gasteiger partial charge in [-0.1, -0.05) is 38.1 Å². The number of carbonyl (C=O) groups excluding carboxylic acids is 2. The molecule has 5 atom stereocenters. The number of rotatable bonds is 7. The summed E-state index contributed by atoms with van der Waals surface area (Å²) in [5.74, 6) is -3.17. The second kappa shape index (κ2) is 11.2. The molecule has 2 aromatic rings. The minimum atomic E-state index is -1.75. The van der Waals surface area contributed by atoms with Crippen molar-refractivity contribution in [3.05, 3.63) is 48.0 Å². The quantitative estimate of drug-likeness (QED) is 0.300. The van der Waals surface area contributed by atoms with E-state index in [1.807, 2.05) is 0 Å². The Morgan fingerprint density at radius 1 is 1.30 bits per heavy atom. The largest absolute Gasteiger partial charge is 1.00 e. The molecule has 0 aliphatic carbocycles. The van der Waals surface area contributed by atoms with Crippen molar-refractivity contribution in [1.29, 1.82) is 5.26 Å². The van der Waals surface area contributed by atoms with E-state index in [-0.39, 0.29) is 35.3 Å². The van der Waals surface area contributed by atoms with Gasteiger partial charge in [0.25, 0.3) is 0 Å². The van der Waals surface area contributed by atoms with Gasteiger partial charge in [-0.2, -0.15) is 5.26 Å². The molecule has 10 nitrogen and oxygen atoms in total. The fraction of sp³-hybridized carbons (Fsp3) is 0.409. The van der Waals surface area contributed by atoms with E-state index in [1.165, 1.54) is 10.6 Å². The number of carboxylic acid groups (broad SMARTS) is 1. The van der Waals surface area contributed by atoms with Gasteiger partial charge in [-0.3, -0.25) is 4.79 Å². The number of carboxylic acids is 1. The van der Waals surface area contributed by atoms with Gasteiger partial charge >= 0.3 is 29.6 Å². The average molecular weight is 465 g/mol. The van der Waals surface area contributed by atoms with Gasteiger partial charge < -0.3 is 39.8 Å². The van der Waals surface area contributed by atoms with E-state index < -0.39 is 60.6 Å². The van der Waals surface area contributed by atoms with Crippen LogP contribution in [0.3, 0.4) is 0 Å². The van der Waals surface area contributed by atoms with Crippen molar-refractivity contribution >= 4 is 22.6 Å². The molecule has 3 rings (SSSR count). The number of hydrogen-bond acceptors (Lipinski definition) is 8. The molecule has 33 heavy (non-hydrogen) atoms. The first-order chi connectivity index (χ1) is 15.2. The molecule has 1 aromatic heterocycles. The van der Waals surface area contributed by atoms with Crippen LogP contribution in [-0.4, -0.2) is 62.7 Å². The van der Waals surface area contributed by atoms with Gasteiger partial charge in [0.2, 0.25) is 5.91 Å². The van der Waals surface area contributed by atoms with E-state index in [1.54, 1.807) is 44.3 Å². The molecular formula is C22H24N3NaO7. The predicted molar refractivity (Wildman–Crippen MR) is 110 cm³/mol. The minimum Gasteiger partial charge on any atom is -0.542 e. The Morgan fingerprint density at radius 3 is 2.55 bits per heavy atom. The summed E-state index contributed by atoms with van der Waals surface area (Å²) in [5.41, 5.74) is 0.209. The van der Waals surface area contributed by atoms with Gasteiger partial charge in [0.15, 0.2) is 0 Å². The number of fused-ring (bicyclic) bond motifs is 1. The molecule has 170 valence electrons. The maximum Gasteiger partial charge on any atom is 1.00 e. The summed E-state index contributed by atoms with van der Waals surface area (Å²) in [6.07, 6.45) is -2.06. The van der Waals surface area contributed by atoms with Crippen molar-refractivity contribution < 1.29 is 64.3 Å². The van der Waals surface area contributed by atoms with E-state index in [2.05, 4.69) is 11.4 Å². The Hall–Kier alpha value is -2.39. The van der Waals surface area contributed by atoms with Crippen LogP contribution in [0.4, 0.5) is 0 Å². The number of aromatic nitrogens is 1. The monoisotopic (exact) mass is 465 g/mol. The Kier molecular flexibility index (Phi) is 9.08. The van der Waals surface area contributed by atoms with E-state index in [0.717, 1.165) is 0 Å². The molecule has 0 saturated carbocycles. The van der Waals surface area contributed by atoms with Crippen LogP contribution < -0.4 is 40.0 Å². The van der Waals surface area contributed by atoms with Gasteiger partial charge in [0.05, 0.1) is 18.7 Å². The third kappa shape index (κ3) is 5.41. The van der Waals surface area contributed by atoms with Crippen molar-refractivity contribution in [2.24, 2.45) is 5.92 Å². The maximum atomic E-state index is 12.6. The van der Waals surface area contributed by atoms with E-state index >= 15 is 0 Å². The Morgan fingerprint density at radius 2 is 1.97 bits per heavy atom. The van der Waals surface area contributed by atoms with Crippen LogP contribution in [0, 0.1) is 17.2 Å². The number of nitrogens with zero attached hydrogens (tertiary/aromatic N) is 2. The molecule has 1 amide bonds. The second-order valence-electron chi connectivity index (χ2n) is 7.91. The first kappa shape index (κ1) is 26.9. The number of nitrogens with one attached hydrogen (secondary N) is 1. The third-order valence-corrected chi connectivity index (χ3v) is 5.44. The van der Waals surface area contributed by atoms with Crippen molar-refractivity contribution in [3.63, 3.8) is 0 Å². The number of benzene rings is 1. The summed E-state index contributed by atoms with van der Waals surface area (Å²) >= 11 is 0. The summed E-state index contributed by atoms with van der Waals surface area (Å²) in [4.78, 5) is 24.2. The molecule has 0 fully saturated rings. The molecule has 1 aromatic carbocycles. The number of hydrogen-bond donors (Lipinski definition) is 4. The second-order valence-corrected chi connectivity index (χ2v) is 7.91. The van der Waals surface area contributed by atoms with E-state index in [4.69, 9.17) is 4.74 Å². The Bertz CT molecular complexity index is 1090. The molecule has 0 unspecified atom stereocenters. The fourth-order valence-electron chi connectivity index (χ4n) is 3.72. The van der Waals surface area contributed by atoms with Crippen LogP contribution in [0.25, 0.3) is 10.8 Å². The summed E-state index contributed by atoms with van der Waals surface area (Å²) in [7, 11) is 0. The SMILES string of the molecule is CC(C)C(=O)N[C@H]1[C@H]([C@H](O)[C@H](O)CO)OC(C(=O)[O-])=C[C@@H]1n1cc2ccccc2c1C#N.[Na+]. The summed E-state index contributed by atoms with van der Waals surface area (Å²) in [6.45, 7) is 2.47. The van der Waals surface area contributed by atoms with E-state index in [0.29, 0.717) is 10.8 Å². The average Bonchev–Trinajstić information content (AvgIpc) is 3.16. The molecular weight excluding hydrogens is 441 g/mol. The molecule has 0 spiro atoms. The van der Waals surface area contributed by atoms with Crippen LogP contribution in [0.1, 0.15) is 25.6 Å². The van der Waals surface area contributed by atoms with Gasteiger partial charge in [0.1, 0.15) is 41.8 Å². The number of ether oxygens (including phenoxy) is 1. The van der Waals surface area contributed by atoms with Crippen molar-refractivity contribution in [1.82, 2.24) is 9.88 Å². The Balaban J connectivity index is 0.00000385. The van der Waals surface area contributed by atoms with Crippen LogP contribution in [0.2, 0.25) is 0 Å². The molecule has 0 bridgehead atoms. The van der Waals surface area contributed by atoms with Crippen LogP contribution in [-0.2, 0) is 14.3 Å². The standard InChI is InChI=1S/C22H25N3O7.Na/c1-11(2)21(29)24-18-14(25-9-12-5-3-4-6-13(12)15(25)8-23)7-17(22(30)31)32-20(18)19(28)16(27)10-26;/h3-7,9,11,14,16,18-20,26-28H,10H2,1-2H3,(H,24,29)(H,30,31);/q;+1/p-1/t14-,16+,18+,19+,20+;/m0./s1. The van der Waals surface area contributed by atoms with Crippen molar-refractivity contribution in [3.8, 4) is 6.07 Å². The topological polar surface area (TPSA) is 168 Å². The zero-order valence-electron chi connectivity index (χ0n) is 18.5. The summed E-state index contributed by atoms with van der Waals surface area (Å²) in [6, 6.07) is 7.08. The van der Waals surface area contributed by atoms with Crippen LogP contribution in [0.15, 0.2) is 42.3 Å². The maximum absolute atomic E-state index is 12.6. The normalized spacial score (nSPS) is 21.8. The van der Waals surface area contributed by atoms with Crippen LogP contribution >= 0.6 is 0 Å². The molecule has 1 aliphatic rings. The predicted octanol–water partition coefficient (Wildman–Crippen LogP) is -4.05. The van der Waals surface area contributed by atoms with Crippen molar-refractivity contribution in [2.45, 2.75) is 44.2 Å². The molecule has 11 heteroatoms. The molecule has 4 N–H and O–H groups in total. The number of amides is 1. The summed E-state index contributed by atoms with van der Waals surface area (Å²) in [5, 5.41) is 55.4. The molecule has 0 radical (unpaired) electrons. The first-order valence-corrected chi connectivity index (χ1v) is 10.1. The number of aliphatic hydroxyl groups excluding tert-OH is 3. The number of aliphatic hydroxyl groups is 3. The Labute approximate surface area is 212 Å².